The summed E-state index contributed by atoms with van der Waals surface area (Å²) >= 11 is 0. The summed E-state index contributed by atoms with van der Waals surface area (Å²) in [7, 11) is 0. The zero-order chi connectivity index (χ0) is 14.8. The standard InChI is InChI=1S/C13H17N3O4/c1-2-3-13(4-5-13)8-15-11-10(16(19)20)6-9(7-14-11)12(17)18/h6-7H,2-5,8H2,1H3,(H,14,15)(H,17,18). The van der Waals surface area contributed by atoms with E-state index >= 15 is 0 Å². The molecule has 0 radical (unpaired) electrons. The van der Waals surface area contributed by atoms with Gasteiger partial charge in [-0.05, 0) is 24.7 Å². The number of nitrogens with one attached hydrogen (secondary N) is 1. The Bertz CT molecular complexity index is 540. The molecule has 1 saturated carbocycles. The van der Waals surface area contributed by atoms with E-state index in [2.05, 4.69) is 17.2 Å². The van der Waals surface area contributed by atoms with Gasteiger partial charge in [0.2, 0.25) is 5.82 Å². The third kappa shape index (κ3) is 3.04. The summed E-state index contributed by atoms with van der Waals surface area (Å²) in [5.41, 5.74) is -0.246. The van der Waals surface area contributed by atoms with Crippen molar-refractivity contribution in [2.45, 2.75) is 32.6 Å². The molecule has 1 heterocycles. The van der Waals surface area contributed by atoms with Crippen LogP contribution in [0.1, 0.15) is 43.0 Å². The van der Waals surface area contributed by atoms with Crippen LogP contribution in [0.4, 0.5) is 11.5 Å². The highest BCUT2D eigenvalue weighted by molar-refractivity contribution is 5.88. The summed E-state index contributed by atoms with van der Waals surface area (Å²) in [5, 5.41) is 22.8. The molecular weight excluding hydrogens is 262 g/mol. The second-order valence-corrected chi connectivity index (χ2v) is 5.26. The Kier molecular flexibility index (Phi) is 3.87. The second-order valence-electron chi connectivity index (χ2n) is 5.26. The fourth-order valence-corrected chi connectivity index (χ4v) is 2.34. The van der Waals surface area contributed by atoms with E-state index in [0.29, 0.717) is 6.54 Å². The van der Waals surface area contributed by atoms with Crippen LogP contribution in [0.3, 0.4) is 0 Å². The van der Waals surface area contributed by atoms with Gasteiger partial charge in [-0.1, -0.05) is 13.3 Å². The topological polar surface area (TPSA) is 105 Å². The number of carbonyl (C=O) groups is 1. The van der Waals surface area contributed by atoms with Crippen LogP contribution in [0, 0.1) is 15.5 Å². The molecule has 108 valence electrons. The number of carboxylic acids is 1. The van der Waals surface area contributed by atoms with Crippen LogP contribution in [-0.2, 0) is 0 Å². The third-order valence-electron chi connectivity index (χ3n) is 3.68. The van der Waals surface area contributed by atoms with E-state index in [9.17, 15) is 14.9 Å². The molecule has 0 bridgehead atoms. The average Bonchev–Trinajstić information content (AvgIpc) is 3.16. The van der Waals surface area contributed by atoms with Gasteiger partial charge in [0.15, 0.2) is 0 Å². The van der Waals surface area contributed by atoms with E-state index < -0.39 is 10.9 Å². The van der Waals surface area contributed by atoms with Crippen LogP contribution in [0.15, 0.2) is 12.3 Å². The number of carboxylic acid groups (broad SMARTS) is 1. The van der Waals surface area contributed by atoms with Crippen molar-refractivity contribution in [3.63, 3.8) is 0 Å². The Morgan fingerprint density at radius 1 is 1.60 bits per heavy atom. The minimum absolute atomic E-state index is 0.141. The number of aromatic carboxylic acids is 1. The molecule has 2 rings (SSSR count). The molecule has 1 aromatic heterocycles. The maximum atomic E-state index is 11.0. The number of hydrogen-bond donors (Lipinski definition) is 2. The average molecular weight is 279 g/mol. The first kappa shape index (κ1) is 14.2. The Balaban J connectivity index is 2.15. The van der Waals surface area contributed by atoms with E-state index in [0.717, 1.165) is 37.9 Å². The molecule has 1 fully saturated rings. The molecule has 0 aromatic carbocycles. The van der Waals surface area contributed by atoms with Gasteiger partial charge in [0.05, 0.1) is 10.5 Å². The van der Waals surface area contributed by atoms with Crippen LogP contribution >= 0.6 is 0 Å². The molecule has 2 N–H and O–H groups in total. The molecule has 1 aliphatic carbocycles. The number of nitro groups is 1. The SMILES string of the molecule is CCCC1(CNc2ncc(C(=O)O)cc2[N+](=O)[O-])CC1. The van der Waals surface area contributed by atoms with E-state index in [4.69, 9.17) is 5.11 Å². The Morgan fingerprint density at radius 3 is 2.80 bits per heavy atom. The zero-order valence-electron chi connectivity index (χ0n) is 11.3. The first-order chi connectivity index (χ1) is 9.47. The summed E-state index contributed by atoms with van der Waals surface area (Å²) < 4.78 is 0. The number of rotatable bonds is 7. The van der Waals surface area contributed by atoms with Gasteiger partial charge >= 0.3 is 11.7 Å². The predicted octanol–water partition coefficient (Wildman–Crippen LogP) is 2.68. The van der Waals surface area contributed by atoms with Gasteiger partial charge in [-0.25, -0.2) is 9.78 Å². The van der Waals surface area contributed by atoms with Crippen molar-refractivity contribution in [1.82, 2.24) is 4.98 Å². The molecular formula is C13H17N3O4. The zero-order valence-corrected chi connectivity index (χ0v) is 11.3. The first-order valence-corrected chi connectivity index (χ1v) is 6.59. The number of anilines is 1. The Morgan fingerprint density at radius 2 is 2.30 bits per heavy atom. The maximum Gasteiger partial charge on any atom is 0.337 e. The Hall–Kier alpha value is -2.18. The molecule has 0 aliphatic heterocycles. The lowest BCUT2D eigenvalue weighted by atomic mass is 10.0. The van der Waals surface area contributed by atoms with Gasteiger partial charge in [-0.3, -0.25) is 10.1 Å². The quantitative estimate of drug-likeness (QED) is 0.587. The Labute approximate surface area is 116 Å². The lowest BCUT2D eigenvalue weighted by Crippen LogP contribution is -2.17. The van der Waals surface area contributed by atoms with Gasteiger partial charge in [0.25, 0.3) is 0 Å². The fourth-order valence-electron chi connectivity index (χ4n) is 2.34. The smallest absolute Gasteiger partial charge is 0.337 e. The largest absolute Gasteiger partial charge is 0.478 e. The highest BCUT2D eigenvalue weighted by atomic mass is 16.6. The molecule has 7 heteroatoms. The molecule has 0 saturated heterocycles. The van der Waals surface area contributed by atoms with Crippen molar-refractivity contribution in [2.24, 2.45) is 5.41 Å². The van der Waals surface area contributed by atoms with Crippen molar-refractivity contribution in [3.05, 3.63) is 27.9 Å². The van der Waals surface area contributed by atoms with Crippen molar-refractivity contribution >= 4 is 17.5 Å². The molecule has 0 amide bonds. The lowest BCUT2D eigenvalue weighted by Gasteiger charge is -2.15. The van der Waals surface area contributed by atoms with Crippen LogP contribution in [0.2, 0.25) is 0 Å². The fraction of sp³-hybridized carbons (Fsp3) is 0.538. The normalized spacial score (nSPS) is 15.7. The van der Waals surface area contributed by atoms with Crippen LogP contribution in [0.25, 0.3) is 0 Å². The van der Waals surface area contributed by atoms with Crippen molar-refractivity contribution in [1.29, 1.82) is 0 Å². The second kappa shape index (κ2) is 5.44. The molecule has 0 unspecified atom stereocenters. The van der Waals surface area contributed by atoms with E-state index in [1.807, 2.05) is 0 Å². The van der Waals surface area contributed by atoms with Gasteiger partial charge in [0.1, 0.15) is 0 Å². The summed E-state index contributed by atoms with van der Waals surface area (Å²) in [4.78, 5) is 25.1. The minimum Gasteiger partial charge on any atom is -0.478 e. The third-order valence-corrected chi connectivity index (χ3v) is 3.68. The first-order valence-electron chi connectivity index (χ1n) is 6.59. The lowest BCUT2D eigenvalue weighted by molar-refractivity contribution is -0.384. The number of pyridine rings is 1. The predicted molar refractivity (Wildman–Crippen MR) is 72.9 cm³/mol. The molecule has 20 heavy (non-hydrogen) atoms. The monoisotopic (exact) mass is 279 g/mol. The molecule has 1 aliphatic rings. The van der Waals surface area contributed by atoms with E-state index in [1.165, 1.54) is 0 Å². The van der Waals surface area contributed by atoms with E-state index in [-0.39, 0.29) is 22.5 Å². The summed E-state index contributed by atoms with van der Waals surface area (Å²) in [6.07, 6.45) is 5.54. The van der Waals surface area contributed by atoms with E-state index in [1.54, 1.807) is 0 Å². The van der Waals surface area contributed by atoms with Crippen LogP contribution in [-0.4, -0.2) is 27.5 Å². The number of nitrogens with zero attached hydrogens (tertiary/aromatic N) is 2. The number of hydrogen-bond acceptors (Lipinski definition) is 5. The van der Waals surface area contributed by atoms with Crippen molar-refractivity contribution < 1.29 is 14.8 Å². The van der Waals surface area contributed by atoms with Gasteiger partial charge in [0, 0.05) is 18.8 Å². The molecule has 1 aromatic rings. The van der Waals surface area contributed by atoms with Crippen LogP contribution < -0.4 is 5.32 Å². The highest BCUT2D eigenvalue weighted by Gasteiger charge is 2.41. The van der Waals surface area contributed by atoms with Gasteiger partial charge in [-0.15, -0.1) is 0 Å². The molecule has 7 nitrogen and oxygen atoms in total. The van der Waals surface area contributed by atoms with Crippen molar-refractivity contribution in [3.8, 4) is 0 Å². The van der Waals surface area contributed by atoms with Gasteiger partial charge < -0.3 is 10.4 Å². The number of aromatic nitrogens is 1. The summed E-state index contributed by atoms with van der Waals surface area (Å²) in [5.74, 6) is -1.08. The maximum absolute atomic E-state index is 11.0. The summed E-state index contributed by atoms with van der Waals surface area (Å²) in [6, 6.07) is 1.04. The van der Waals surface area contributed by atoms with Crippen LogP contribution in [0.5, 0.6) is 0 Å². The summed E-state index contributed by atoms with van der Waals surface area (Å²) in [6.45, 7) is 2.75. The van der Waals surface area contributed by atoms with Crippen molar-refractivity contribution in [2.75, 3.05) is 11.9 Å². The minimum atomic E-state index is -1.23. The molecule has 0 spiro atoms. The highest BCUT2D eigenvalue weighted by Crippen LogP contribution is 2.49. The van der Waals surface area contributed by atoms with Gasteiger partial charge in [-0.2, -0.15) is 0 Å². The molecule has 0 atom stereocenters.